The average Bonchev–Trinajstić information content (AvgIpc) is 3.38. The van der Waals surface area contributed by atoms with Crippen molar-refractivity contribution in [2.75, 3.05) is 0 Å². The Kier molecular flexibility index (Phi) is 4.67. The van der Waals surface area contributed by atoms with Gasteiger partial charge in [-0.25, -0.2) is 4.98 Å². The van der Waals surface area contributed by atoms with Crippen molar-refractivity contribution in [3.05, 3.63) is 78.4 Å². The van der Waals surface area contributed by atoms with Crippen molar-refractivity contribution in [1.82, 2.24) is 20.0 Å². The third kappa shape index (κ3) is 3.41. The van der Waals surface area contributed by atoms with Crippen molar-refractivity contribution in [3.63, 3.8) is 0 Å². The summed E-state index contributed by atoms with van der Waals surface area (Å²) in [6.45, 7) is 1.89. The van der Waals surface area contributed by atoms with Gasteiger partial charge >= 0.3 is 0 Å². The predicted molar refractivity (Wildman–Crippen MR) is 114 cm³/mol. The van der Waals surface area contributed by atoms with Crippen LogP contribution in [0.1, 0.15) is 35.4 Å². The number of carbonyl (C=O) groups excluding carboxylic acids is 1. The third-order valence-electron chi connectivity index (χ3n) is 5.62. The number of aryl methyl sites for hydroxylation is 1. The number of hydrogen-bond donors (Lipinski definition) is 1. The molecule has 2 aromatic heterocycles. The quantitative estimate of drug-likeness (QED) is 0.525. The van der Waals surface area contributed by atoms with Gasteiger partial charge < -0.3 is 14.4 Å². The molecule has 0 spiro atoms. The van der Waals surface area contributed by atoms with E-state index >= 15 is 0 Å². The van der Waals surface area contributed by atoms with Gasteiger partial charge in [0.15, 0.2) is 0 Å². The number of amides is 1. The Balaban J connectivity index is 1.40. The monoisotopic (exact) mass is 398 g/mol. The molecule has 1 amide bonds. The normalized spacial score (nSPS) is 13.8. The number of nitrogens with zero attached hydrogens (tertiary/aromatic N) is 3. The maximum absolute atomic E-state index is 12.3. The van der Waals surface area contributed by atoms with Gasteiger partial charge in [-0.1, -0.05) is 35.5 Å². The van der Waals surface area contributed by atoms with Crippen molar-refractivity contribution in [2.24, 2.45) is 0 Å². The first-order chi connectivity index (χ1) is 14.7. The number of imidazole rings is 1. The van der Waals surface area contributed by atoms with Gasteiger partial charge in [-0.2, -0.15) is 0 Å². The number of hydrogen-bond acceptors (Lipinski definition) is 4. The Labute approximate surface area is 174 Å². The molecule has 1 saturated carbocycles. The zero-order valence-corrected chi connectivity index (χ0v) is 16.7. The molecule has 4 aromatic rings. The summed E-state index contributed by atoms with van der Waals surface area (Å²) in [5.74, 6) is 0.715. The van der Waals surface area contributed by atoms with Gasteiger partial charge in [-0.05, 0) is 50.5 Å². The zero-order valence-electron chi connectivity index (χ0n) is 16.7. The van der Waals surface area contributed by atoms with Crippen LogP contribution in [0.25, 0.3) is 28.2 Å². The highest BCUT2D eigenvalue weighted by Crippen LogP contribution is 2.33. The van der Waals surface area contributed by atoms with Crippen LogP contribution in [-0.2, 0) is 0 Å². The Morgan fingerprint density at radius 2 is 1.87 bits per heavy atom. The Morgan fingerprint density at radius 3 is 2.57 bits per heavy atom. The maximum Gasteiger partial charge on any atom is 0.251 e. The summed E-state index contributed by atoms with van der Waals surface area (Å²) in [4.78, 5) is 16.9. The molecule has 1 aliphatic carbocycles. The lowest BCUT2D eigenvalue weighted by Gasteiger charge is -2.26. The van der Waals surface area contributed by atoms with Crippen LogP contribution < -0.4 is 5.32 Å². The molecule has 6 nitrogen and oxygen atoms in total. The van der Waals surface area contributed by atoms with Crippen LogP contribution in [0, 0.1) is 6.92 Å². The van der Waals surface area contributed by atoms with Gasteiger partial charge in [-0.3, -0.25) is 4.79 Å². The molecule has 2 heterocycles. The number of nitrogens with one attached hydrogen (secondary N) is 1. The molecule has 2 aromatic carbocycles. The first-order valence-corrected chi connectivity index (χ1v) is 10.2. The van der Waals surface area contributed by atoms with Gasteiger partial charge in [0.1, 0.15) is 11.5 Å². The zero-order chi connectivity index (χ0) is 20.5. The van der Waals surface area contributed by atoms with Crippen molar-refractivity contribution in [2.45, 2.75) is 32.2 Å². The van der Waals surface area contributed by atoms with Gasteiger partial charge in [0.05, 0.1) is 17.6 Å². The maximum atomic E-state index is 12.3. The van der Waals surface area contributed by atoms with Crippen LogP contribution in [0.15, 0.2) is 71.6 Å². The highest BCUT2D eigenvalue weighted by atomic mass is 16.5. The molecule has 0 atom stereocenters. The van der Waals surface area contributed by atoms with Crippen LogP contribution in [0.2, 0.25) is 0 Å². The minimum atomic E-state index is -0.00910. The average molecular weight is 398 g/mol. The predicted octanol–water partition coefficient (Wildman–Crippen LogP) is 4.79. The molecule has 5 rings (SSSR count). The SMILES string of the molecule is Cc1onc(-c2ccccc2)c1-c1cn(-c2ccc(C(=O)NC3CCC3)cc2)cn1. The number of rotatable bonds is 5. The summed E-state index contributed by atoms with van der Waals surface area (Å²) < 4.78 is 7.40. The van der Waals surface area contributed by atoms with Crippen molar-refractivity contribution in [3.8, 4) is 28.2 Å². The van der Waals surface area contributed by atoms with E-state index in [0.717, 1.165) is 46.8 Å². The van der Waals surface area contributed by atoms with E-state index in [2.05, 4.69) is 15.5 Å². The van der Waals surface area contributed by atoms with Gasteiger partial charge in [0.25, 0.3) is 5.91 Å². The molecule has 0 bridgehead atoms. The molecule has 30 heavy (non-hydrogen) atoms. The topological polar surface area (TPSA) is 73.0 Å². The summed E-state index contributed by atoms with van der Waals surface area (Å²) in [6.07, 6.45) is 7.07. The molecule has 150 valence electrons. The second-order valence-electron chi connectivity index (χ2n) is 7.64. The molecule has 0 unspecified atom stereocenters. The minimum Gasteiger partial charge on any atom is -0.360 e. The number of aromatic nitrogens is 3. The van der Waals surface area contributed by atoms with Crippen LogP contribution >= 0.6 is 0 Å². The Bertz CT molecular complexity index is 1170. The number of benzene rings is 2. The fourth-order valence-electron chi connectivity index (χ4n) is 3.67. The second kappa shape index (κ2) is 7.63. The van der Waals surface area contributed by atoms with E-state index in [-0.39, 0.29) is 5.91 Å². The summed E-state index contributed by atoms with van der Waals surface area (Å²) in [6, 6.07) is 17.8. The fraction of sp³-hybridized carbons (Fsp3) is 0.208. The minimum absolute atomic E-state index is 0.00910. The highest BCUT2D eigenvalue weighted by Gasteiger charge is 2.21. The lowest BCUT2D eigenvalue weighted by Crippen LogP contribution is -2.39. The van der Waals surface area contributed by atoms with Crippen LogP contribution in [-0.4, -0.2) is 26.7 Å². The molecular weight excluding hydrogens is 376 g/mol. The molecule has 0 radical (unpaired) electrons. The van der Waals surface area contributed by atoms with E-state index < -0.39 is 0 Å². The molecule has 0 aliphatic heterocycles. The van der Waals surface area contributed by atoms with Gasteiger partial charge in [0, 0.05) is 29.1 Å². The fourth-order valence-corrected chi connectivity index (χ4v) is 3.67. The first-order valence-electron chi connectivity index (χ1n) is 10.2. The summed E-state index contributed by atoms with van der Waals surface area (Å²) in [5, 5.41) is 7.31. The van der Waals surface area contributed by atoms with Crippen LogP contribution in [0.5, 0.6) is 0 Å². The van der Waals surface area contributed by atoms with Gasteiger partial charge in [0.2, 0.25) is 0 Å². The molecular formula is C24H22N4O2. The molecule has 1 N–H and O–H groups in total. The van der Waals surface area contributed by atoms with E-state index in [1.54, 1.807) is 6.33 Å². The van der Waals surface area contributed by atoms with Crippen LogP contribution in [0.3, 0.4) is 0 Å². The van der Waals surface area contributed by atoms with Crippen molar-refractivity contribution in [1.29, 1.82) is 0 Å². The standard InChI is InChI=1S/C24H22N4O2/c1-16-22(23(27-30-16)17-6-3-2-4-7-17)21-14-28(15-25-21)20-12-10-18(11-13-20)24(29)26-19-8-5-9-19/h2-4,6-7,10-15,19H,5,8-9H2,1H3,(H,26,29). The lowest BCUT2D eigenvalue weighted by atomic mass is 9.93. The van der Waals surface area contributed by atoms with Crippen molar-refractivity contribution >= 4 is 5.91 Å². The smallest absolute Gasteiger partial charge is 0.251 e. The molecule has 6 heteroatoms. The van der Waals surface area contributed by atoms with E-state index in [9.17, 15) is 4.79 Å². The Morgan fingerprint density at radius 1 is 1.10 bits per heavy atom. The summed E-state index contributed by atoms with van der Waals surface area (Å²) in [7, 11) is 0. The van der Waals surface area contributed by atoms with E-state index in [4.69, 9.17) is 4.52 Å². The Hall–Kier alpha value is -3.67. The highest BCUT2D eigenvalue weighted by molar-refractivity contribution is 5.94. The first kappa shape index (κ1) is 18.4. The second-order valence-corrected chi connectivity index (χ2v) is 7.64. The van der Waals surface area contributed by atoms with Gasteiger partial charge in [-0.15, -0.1) is 0 Å². The van der Waals surface area contributed by atoms with Crippen molar-refractivity contribution < 1.29 is 9.32 Å². The third-order valence-corrected chi connectivity index (χ3v) is 5.62. The van der Waals surface area contributed by atoms with E-state index in [1.165, 1.54) is 6.42 Å². The molecule has 1 aliphatic rings. The number of carbonyl (C=O) groups is 1. The largest absolute Gasteiger partial charge is 0.360 e. The molecule has 1 fully saturated rings. The van der Waals surface area contributed by atoms with Crippen LogP contribution in [0.4, 0.5) is 0 Å². The molecule has 0 saturated heterocycles. The van der Waals surface area contributed by atoms with E-state index in [1.807, 2.05) is 72.3 Å². The lowest BCUT2D eigenvalue weighted by molar-refractivity contribution is 0.0917. The summed E-state index contributed by atoms with van der Waals surface area (Å²) >= 11 is 0. The summed E-state index contributed by atoms with van der Waals surface area (Å²) in [5.41, 5.74) is 5.05. The van der Waals surface area contributed by atoms with E-state index in [0.29, 0.717) is 11.6 Å².